The summed E-state index contributed by atoms with van der Waals surface area (Å²) in [5.74, 6) is -0.175. The molecule has 2 N–H and O–H groups in total. The van der Waals surface area contributed by atoms with Gasteiger partial charge in [0.1, 0.15) is 16.9 Å². The number of benzene rings is 2. The fourth-order valence-corrected chi connectivity index (χ4v) is 3.64. The molecule has 2 heterocycles. The SMILES string of the molecule is CSc1ccc(N=c2oc3cc(O)ccc3cc2C(=O)NCC2CCCO2)cc1. The van der Waals surface area contributed by atoms with Crippen LogP contribution in [0.3, 0.4) is 0 Å². The smallest absolute Gasteiger partial charge is 0.256 e. The Morgan fingerprint density at radius 2 is 2.07 bits per heavy atom. The van der Waals surface area contributed by atoms with Crippen LogP contribution in [0.4, 0.5) is 5.69 Å². The molecule has 3 aromatic rings. The molecule has 0 saturated carbocycles. The highest BCUT2D eigenvalue weighted by Crippen LogP contribution is 2.22. The standard InChI is InChI=1S/C22H22N2O4S/c1-29-18-8-5-15(6-9-18)24-22-19(21(26)23-13-17-3-2-10-27-17)11-14-4-7-16(25)12-20(14)28-22/h4-9,11-12,17,25H,2-3,10,13H2,1H3,(H,23,26). The quantitative estimate of drug-likeness (QED) is 0.621. The number of carbonyl (C=O) groups excluding carboxylic acids is 1. The number of thioether (sulfide) groups is 1. The first-order valence-corrected chi connectivity index (χ1v) is 10.7. The highest BCUT2D eigenvalue weighted by atomic mass is 32.2. The van der Waals surface area contributed by atoms with Gasteiger partial charge in [-0.15, -0.1) is 11.8 Å². The summed E-state index contributed by atoms with van der Waals surface area (Å²) in [6, 6.07) is 14.2. The molecule has 0 radical (unpaired) electrons. The number of phenols is 1. The lowest BCUT2D eigenvalue weighted by Gasteiger charge is -2.11. The number of hydrogen-bond donors (Lipinski definition) is 2. The zero-order valence-corrected chi connectivity index (χ0v) is 16.9. The third-order valence-electron chi connectivity index (χ3n) is 4.80. The fourth-order valence-electron chi connectivity index (χ4n) is 3.23. The van der Waals surface area contributed by atoms with E-state index in [1.807, 2.05) is 30.5 Å². The van der Waals surface area contributed by atoms with Crippen LogP contribution in [0.1, 0.15) is 23.2 Å². The molecular weight excluding hydrogens is 388 g/mol. The predicted molar refractivity (Wildman–Crippen MR) is 113 cm³/mol. The van der Waals surface area contributed by atoms with Gasteiger partial charge in [-0.3, -0.25) is 4.79 Å². The molecule has 1 aliphatic rings. The third-order valence-corrected chi connectivity index (χ3v) is 5.54. The van der Waals surface area contributed by atoms with E-state index in [0.29, 0.717) is 28.8 Å². The molecule has 1 amide bonds. The summed E-state index contributed by atoms with van der Waals surface area (Å²) in [4.78, 5) is 18.6. The molecule has 1 aromatic heterocycles. The highest BCUT2D eigenvalue weighted by molar-refractivity contribution is 7.98. The van der Waals surface area contributed by atoms with Crippen molar-refractivity contribution in [3.63, 3.8) is 0 Å². The monoisotopic (exact) mass is 410 g/mol. The van der Waals surface area contributed by atoms with Crippen molar-refractivity contribution in [3.05, 3.63) is 59.6 Å². The predicted octanol–water partition coefficient (Wildman–Crippen LogP) is 4.00. The molecule has 0 aliphatic carbocycles. The Labute approximate surface area is 172 Å². The van der Waals surface area contributed by atoms with Crippen LogP contribution >= 0.6 is 11.8 Å². The van der Waals surface area contributed by atoms with Gasteiger partial charge in [-0.1, -0.05) is 0 Å². The van der Waals surface area contributed by atoms with E-state index in [1.165, 1.54) is 6.07 Å². The molecule has 0 spiro atoms. The van der Waals surface area contributed by atoms with Crippen LogP contribution in [0.2, 0.25) is 0 Å². The van der Waals surface area contributed by atoms with Gasteiger partial charge in [0.2, 0.25) is 5.55 Å². The first kappa shape index (κ1) is 19.5. The number of nitrogens with zero attached hydrogens (tertiary/aromatic N) is 1. The number of hydrogen-bond acceptors (Lipinski definition) is 6. The molecule has 1 saturated heterocycles. The van der Waals surface area contributed by atoms with Crippen molar-refractivity contribution >= 4 is 34.3 Å². The second kappa shape index (κ2) is 8.71. The lowest BCUT2D eigenvalue weighted by Crippen LogP contribution is -2.34. The van der Waals surface area contributed by atoms with Crippen molar-refractivity contribution in [2.75, 3.05) is 19.4 Å². The second-order valence-electron chi connectivity index (χ2n) is 6.84. The average molecular weight is 410 g/mol. The van der Waals surface area contributed by atoms with E-state index in [4.69, 9.17) is 9.15 Å². The molecule has 2 aromatic carbocycles. The first-order valence-electron chi connectivity index (χ1n) is 9.48. The Morgan fingerprint density at radius 3 is 2.79 bits per heavy atom. The molecule has 6 nitrogen and oxygen atoms in total. The second-order valence-corrected chi connectivity index (χ2v) is 7.72. The van der Waals surface area contributed by atoms with Gasteiger partial charge < -0.3 is 19.6 Å². The van der Waals surface area contributed by atoms with Crippen LogP contribution in [0.5, 0.6) is 5.75 Å². The van der Waals surface area contributed by atoms with Crippen molar-refractivity contribution in [2.24, 2.45) is 4.99 Å². The average Bonchev–Trinajstić information content (AvgIpc) is 3.26. The fraction of sp³-hybridized carbons (Fsp3) is 0.273. The number of aromatic hydroxyl groups is 1. The van der Waals surface area contributed by atoms with Crippen LogP contribution in [0, 0.1) is 0 Å². The molecule has 0 bridgehead atoms. The minimum absolute atomic E-state index is 0.0489. The van der Waals surface area contributed by atoms with Gasteiger partial charge in [-0.2, -0.15) is 0 Å². The van der Waals surface area contributed by atoms with E-state index in [2.05, 4.69) is 10.3 Å². The van der Waals surface area contributed by atoms with Crippen LogP contribution in [-0.2, 0) is 4.74 Å². The third kappa shape index (κ3) is 4.63. The Bertz CT molecular complexity index is 1090. The van der Waals surface area contributed by atoms with E-state index in [-0.39, 0.29) is 23.3 Å². The molecular formula is C22H22N2O4S. The van der Waals surface area contributed by atoms with Gasteiger partial charge in [-0.25, -0.2) is 4.99 Å². The van der Waals surface area contributed by atoms with Crippen molar-refractivity contribution in [2.45, 2.75) is 23.8 Å². The molecule has 1 aliphatic heterocycles. The molecule has 4 rings (SSSR count). The zero-order chi connectivity index (χ0) is 20.2. The number of fused-ring (bicyclic) bond motifs is 1. The number of nitrogens with one attached hydrogen (secondary N) is 1. The Morgan fingerprint density at radius 1 is 1.24 bits per heavy atom. The van der Waals surface area contributed by atoms with E-state index in [9.17, 15) is 9.90 Å². The van der Waals surface area contributed by atoms with Crippen LogP contribution in [-0.4, -0.2) is 36.5 Å². The summed E-state index contributed by atoms with van der Waals surface area (Å²) in [5.41, 5.74) is 1.68. The lowest BCUT2D eigenvalue weighted by molar-refractivity contribution is 0.0854. The topological polar surface area (TPSA) is 84.1 Å². The number of phenolic OH excluding ortho intramolecular Hbond substituents is 1. The summed E-state index contributed by atoms with van der Waals surface area (Å²) in [6.45, 7) is 1.19. The van der Waals surface area contributed by atoms with E-state index >= 15 is 0 Å². The number of carbonyl (C=O) groups is 1. The number of rotatable bonds is 5. The summed E-state index contributed by atoms with van der Waals surface area (Å²) in [7, 11) is 0. The van der Waals surface area contributed by atoms with Gasteiger partial charge in [-0.05, 0) is 61.6 Å². The molecule has 7 heteroatoms. The van der Waals surface area contributed by atoms with Gasteiger partial charge in [0.25, 0.3) is 5.91 Å². The largest absolute Gasteiger partial charge is 0.508 e. The summed E-state index contributed by atoms with van der Waals surface area (Å²) >= 11 is 1.65. The van der Waals surface area contributed by atoms with Gasteiger partial charge in [0, 0.05) is 29.5 Å². The Balaban J connectivity index is 1.73. The lowest BCUT2D eigenvalue weighted by atomic mass is 10.1. The summed E-state index contributed by atoms with van der Waals surface area (Å²) in [6.07, 6.45) is 4.02. The van der Waals surface area contributed by atoms with Gasteiger partial charge >= 0.3 is 0 Å². The maximum Gasteiger partial charge on any atom is 0.256 e. The summed E-state index contributed by atoms with van der Waals surface area (Å²) in [5, 5.41) is 13.4. The summed E-state index contributed by atoms with van der Waals surface area (Å²) < 4.78 is 11.5. The van der Waals surface area contributed by atoms with Crippen LogP contribution < -0.4 is 10.9 Å². The van der Waals surface area contributed by atoms with Crippen LogP contribution in [0.25, 0.3) is 11.0 Å². The minimum Gasteiger partial charge on any atom is -0.508 e. The molecule has 1 unspecified atom stereocenters. The van der Waals surface area contributed by atoms with E-state index < -0.39 is 0 Å². The van der Waals surface area contributed by atoms with E-state index in [0.717, 1.165) is 24.3 Å². The molecule has 1 fully saturated rings. The maximum atomic E-state index is 12.9. The van der Waals surface area contributed by atoms with Crippen molar-refractivity contribution < 1.29 is 19.1 Å². The first-order chi connectivity index (χ1) is 14.1. The molecule has 150 valence electrons. The Hall–Kier alpha value is -2.77. The minimum atomic E-state index is -0.265. The maximum absolute atomic E-state index is 12.9. The Kier molecular flexibility index (Phi) is 5.87. The van der Waals surface area contributed by atoms with E-state index in [1.54, 1.807) is 30.0 Å². The number of amides is 1. The van der Waals surface area contributed by atoms with Crippen LogP contribution in [0.15, 0.2) is 62.8 Å². The number of ether oxygens (including phenoxy) is 1. The van der Waals surface area contributed by atoms with Gasteiger partial charge in [0.05, 0.1) is 11.8 Å². The van der Waals surface area contributed by atoms with Crippen molar-refractivity contribution in [3.8, 4) is 5.75 Å². The normalized spacial score (nSPS) is 17.0. The highest BCUT2D eigenvalue weighted by Gasteiger charge is 2.18. The van der Waals surface area contributed by atoms with Crippen molar-refractivity contribution in [1.29, 1.82) is 0 Å². The molecule has 29 heavy (non-hydrogen) atoms. The van der Waals surface area contributed by atoms with Crippen molar-refractivity contribution in [1.82, 2.24) is 5.32 Å². The van der Waals surface area contributed by atoms with Gasteiger partial charge in [0.15, 0.2) is 0 Å². The molecule has 1 atom stereocenters. The zero-order valence-electron chi connectivity index (χ0n) is 16.1.